The van der Waals surface area contributed by atoms with Gasteiger partial charge in [0.25, 0.3) is 0 Å². The van der Waals surface area contributed by atoms with Gasteiger partial charge in [0.2, 0.25) is 0 Å². The first-order valence-corrected chi connectivity index (χ1v) is 9.37. The molecule has 0 bridgehead atoms. The van der Waals surface area contributed by atoms with E-state index in [1.807, 2.05) is 0 Å². The Morgan fingerprint density at radius 2 is 1.79 bits per heavy atom. The van der Waals surface area contributed by atoms with E-state index in [1.165, 1.54) is 7.11 Å². The standard InChI is InChI=1S/C13H28N3O7P/c1-11(2)22-24(17,23-12(3)4)10-20-21-13(6-7-15-16-14)8-19-9-18-5/h11-13H,6-10H2,1-5H3/t13-/m0/s1. The van der Waals surface area contributed by atoms with Crippen molar-refractivity contribution in [2.24, 2.45) is 5.11 Å². The van der Waals surface area contributed by atoms with Crippen LogP contribution in [0, 0.1) is 0 Å². The van der Waals surface area contributed by atoms with E-state index in [0.29, 0.717) is 6.42 Å². The maximum absolute atomic E-state index is 12.6. The highest BCUT2D eigenvalue weighted by atomic mass is 31.2. The van der Waals surface area contributed by atoms with E-state index < -0.39 is 13.7 Å². The van der Waals surface area contributed by atoms with Crippen LogP contribution in [0.15, 0.2) is 5.11 Å². The van der Waals surface area contributed by atoms with Crippen LogP contribution in [0.2, 0.25) is 0 Å². The van der Waals surface area contributed by atoms with Gasteiger partial charge in [-0.15, -0.1) is 0 Å². The summed E-state index contributed by atoms with van der Waals surface area (Å²) in [6.07, 6.45) is -1.08. The lowest BCUT2D eigenvalue weighted by molar-refractivity contribution is -0.323. The lowest BCUT2D eigenvalue weighted by Crippen LogP contribution is -2.23. The number of azide groups is 1. The normalized spacial score (nSPS) is 13.3. The minimum Gasteiger partial charge on any atom is -0.359 e. The molecule has 0 aromatic rings. The molecule has 0 saturated heterocycles. The molecule has 0 rings (SSSR count). The topological polar surface area (TPSA) is 121 Å². The van der Waals surface area contributed by atoms with Gasteiger partial charge >= 0.3 is 7.60 Å². The van der Waals surface area contributed by atoms with Crippen molar-refractivity contribution in [1.29, 1.82) is 0 Å². The maximum Gasteiger partial charge on any atom is 0.359 e. The predicted octanol–water partition coefficient (Wildman–Crippen LogP) is 3.62. The Bertz CT molecular complexity index is 402. The molecule has 0 amide bonds. The SMILES string of the molecule is COCOC[C@H](CCN=[N+]=[N-])OOCP(=O)(OC(C)C)OC(C)C. The minimum atomic E-state index is -3.45. The van der Waals surface area contributed by atoms with Gasteiger partial charge in [0.15, 0.2) is 6.35 Å². The van der Waals surface area contributed by atoms with Gasteiger partial charge in [-0.1, -0.05) is 5.11 Å². The Balaban J connectivity index is 4.49. The summed E-state index contributed by atoms with van der Waals surface area (Å²) in [5.74, 6) is 0. The first-order chi connectivity index (χ1) is 11.3. The first kappa shape index (κ1) is 23.3. The predicted molar refractivity (Wildman–Crippen MR) is 87.3 cm³/mol. The lowest BCUT2D eigenvalue weighted by Gasteiger charge is -2.23. The molecule has 0 aliphatic heterocycles. The Morgan fingerprint density at radius 1 is 1.17 bits per heavy atom. The second-order valence-electron chi connectivity index (χ2n) is 5.40. The molecule has 0 unspecified atom stereocenters. The van der Waals surface area contributed by atoms with Crippen LogP contribution in [0.5, 0.6) is 0 Å². The van der Waals surface area contributed by atoms with Crippen molar-refractivity contribution in [2.75, 3.05) is 33.4 Å². The maximum atomic E-state index is 12.6. The molecule has 11 heteroatoms. The van der Waals surface area contributed by atoms with Crippen LogP contribution in [-0.4, -0.2) is 51.7 Å². The van der Waals surface area contributed by atoms with Crippen LogP contribution in [0.4, 0.5) is 0 Å². The Morgan fingerprint density at radius 3 is 2.29 bits per heavy atom. The fourth-order valence-electron chi connectivity index (χ4n) is 1.59. The second kappa shape index (κ2) is 13.6. The second-order valence-corrected chi connectivity index (χ2v) is 7.31. The molecule has 1 atom stereocenters. The summed E-state index contributed by atoms with van der Waals surface area (Å²) < 4.78 is 33.2. The Hall–Kier alpha value is -0.700. The zero-order valence-electron chi connectivity index (χ0n) is 14.9. The van der Waals surface area contributed by atoms with Crippen molar-refractivity contribution in [3.8, 4) is 0 Å². The summed E-state index contributed by atoms with van der Waals surface area (Å²) in [5.41, 5.74) is 8.31. The first-order valence-electron chi connectivity index (χ1n) is 7.64. The van der Waals surface area contributed by atoms with Crippen molar-refractivity contribution >= 4 is 7.60 Å². The molecular formula is C13H28N3O7P. The summed E-state index contributed by atoms with van der Waals surface area (Å²) in [6, 6.07) is 0. The lowest BCUT2D eigenvalue weighted by atomic mass is 10.3. The number of hydrogen-bond donors (Lipinski definition) is 0. The number of nitrogens with zero attached hydrogens (tertiary/aromatic N) is 3. The van der Waals surface area contributed by atoms with Gasteiger partial charge in [0, 0.05) is 18.6 Å². The fourth-order valence-corrected chi connectivity index (χ4v) is 3.23. The van der Waals surface area contributed by atoms with E-state index in [4.69, 9.17) is 33.8 Å². The smallest absolute Gasteiger partial charge is 0.359 e. The van der Waals surface area contributed by atoms with Gasteiger partial charge in [-0.05, 0) is 39.6 Å². The van der Waals surface area contributed by atoms with Crippen LogP contribution in [0.1, 0.15) is 34.1 Å². The van der Waals surface area contributed by atoms with Gasteiger partial charge < -0.3 is 18.5 Å². The van der Waals surface area contributed by atoms with Crippen LogP contribution < -0.4 is 0 Å². The van der Waals surface area contributed by atoms with Crippen molar-refractivity contribution in [3.05, 3.63) is 10.4 Å². The van der Waals surface area contributed by atoms with Crippen molar-refractivity contribution in [1.82, 2.24) is 0 Å². The van der Waals surface area contributed by atoms with Gasteiger partial charge in [-0.25, -0.2) is 9.78 Å². The molecule has 142 valence electrons. The van der Waals surface area contributed by atoms with E-state index in [1.54, 1.807) is 27.7 Å². The molecule has 0 aromatic heterocycles. The third-order valence-corrected chi connectivity index (χ3v) is 4.18. The average Bonchev–Trinajstić information content (AvgIpc) is 2.45. The zero-order valence-corrected chi connectivity index (χ0v) is 15.8. The van der Waals surface area contributed by atoms with Crippen LogP contribution in [0.25, 0.3) is 10.4 Å². The van der Waals surface area contributed by atoms with E-state index in [9.17, 15) is 4.57 Å². The van der Waals surface area contributed by atoms with Gasteiger partial charge in [-0.2, -0.15) is 0 Å². The van der Waals surface area contributed by atoms with E-state index in [-0.39, 0.29) is 38.5 Å². The molecule has 0 saturated carbocycles. The van der Waals surface area contributed by atoms with Crippen LogP contribution in [0.3, 0.4) is 0 Å². The van der Waals surface area contributed by atoms with E-state index in [0.717, 1.165) is 0 Å². The van der Waals surface area contributed by atoms with Crippen LogP contribution >= 0.6 is 7.60 Å². The Kier molecular flexibility index (Phi) is 13.2. The minimum absolute atomic E-state index is 0.0901. The van der Waals surface area contributed by atoms with Gasteiger partial charge in [0.1, 0.15) is 12.9 Å². The molecule has 24 heavy (non-hydrogen) atoms. The van der Waals surface area contributed by atoms with Gasteiger partial charge in [-0.3, -0.25) is 4.57 Å². The molecule has 10 nitrogen and oxygen atoms in total. The summed E-state index contributed by atoms with van der Waals surface area (Å²) >= 11 is 0. The third kappa shape index (κ3) is 12.7. The van der Waals surface area contributed by atoms with Crippen molar-refractivity contribution in [2.45, 2.75) is 52.4 Å². The molecule has 0 radical (unpaired) electrons. The molecular weight excluding hydrogens is 341 g/mol. The average molecular weight is 369 g/mol. The number of ether oxygens (including phenoxy) is 2. The number of hydrogen-bond acceptors (Lipinski definition) is 8. The molecule has 0 fully saturated rings. The quantitative estimate of drug-likeness (QED) is 0.0631. The Labute approximate surface area is 142 Å². The summed E-state index contributed by atoms with van der Waals surface area (Å²) in [7, 11) is -1.95. The number of rotatable bonds is 15. The molecule has 0 aliphatic carbocycles. The molecule has 0 aromatic carbocycles. The fraction of sp³-hybridized carbons (Fsp3) is 1.00. The largest absolute Gasteiger partial charge is 0.359 e. The highest BCUT2D eigenvalue weighted by Gasteiger charge is 2.29. The van der Waals surface area contributed by atoms with E-state index >= 15 is 0 Å². The van der Waals surface area contributed by atoms with Gasteiger partial charge in [0.05, 0.1) is 18.8 Å². The van der Waals surface area contributed by atoms with E-state index in [2.05, 4.69) is 10.0 Å². The van der Waals surface area contributed by atoms with Crippen LogP contribution in [-0.2, 0) is 32.9 Å². The highest BCUT2D eigenvalue weighted by molar-refractivity contribution is 7.53. The highest BCUT2D eigenvalue weighted by Crippen LogP contribution is 2.50. The zero-order chi connectivity index (χ0) is 18.4. The molecule has 0 N–H and O–H groups in total. The van der Waals surface area contributed by atoms with Crippen molar-refractivity contribution < 1.29 is 32.9 Å². The molecule has 0 aliphatic rings. The third-order valence-electron chi connectivity index (χ3n) is 2.28. The summed E-state index contributed by atoms with van der Waals surface area (Å²) in [5, 5.41) is 3.43. The van der Waals surface area contributed by atoms with Crippen molar-refractivity contribution in [3.63, 3.8) is 0 Å². The summed E-state index contributed by atoms with van der Waals surface area (Å²) in [4.78, 5) is 12.9. The number of methoxy groups -OCH3 is 1. The molecule has 0 heterocycles. The monoisotopic (exact) mass is 369 g/mol. The molecule has 0 spiro atoms. The summed E-state index contributed by atoms with van der Waals surface area (Å²) in [6.45, 7) is 7.46.